The molecule has 1 unspecified atom stereocenters. The van der Waals surface area contributed by atoms with Crippen molar-refractivity contribution in [2.75, 3.05) is 33.3 Å². The first-order valence-electron chi connectivity index (χ1n) is 8.89. The lowest BCUT2D eigenvalue weighted by molar-refractivity contribution is -0.124. The number of ether oxygens (including phenoxy) is 1. The number of hydrogen-bond donors (Lipinski definition) is 2. The number of methoxy groups -OCH3 is 1. The van der Waals surface area contributed by atoms with Crippen molar-refractivity contribution < 1.29 is 14.3 Å². The molecule has 0 spiro atoms. The first kappa shape index (κ1) is 19.7. The molecule has 6 heteroatoms. The van der Waals surface area contributed by atoms with Crippen molar-refractivity contribution in [1.29, 1.82) is 0 Å². The monoisotopic (exact) mass is 327 g/mol. The number of unbranched alkanes of at least 4 members (excludes halogenated alkanes) is 2. The van der Waals surface area contributed by atoms with E-state index in [9.17, 15) is 9.59 Å². The predicted molar refractivity (Wildman–Crippen MR) is 91.3 cm³/mol. The van der Waals surface area contributed by atoms with Gasteiger partial charge in [0.2, 0.25) is 5.91 Å². The van der Waals surface area contributed by atoms with Crippen LogP contribution in [0.2, 0.25) is 0 Å². The summed E-state index contributed by atoms with van der Waals surface area (Å²) in [6, 6.07) is -0.546. The highest BCUT2D eigenvalue weighted by Crippen LogP contribution is 2.09. The quantitative estimate of drug-likeness (QED) is 0.637. The molecule has 1 aliphatic heterocycles. The Hall–Kier alpha value is -1.30. The highest BCUT2D eigenvalue weighted by Gasteiger charge is 2.23. The van der Waals surface area contributed by atoms with Crippen molar-refractivity contribution in [3.05, 3.63) is 0 Å². The standard InChI is InChI=1S/C17H33N3O3/c1-14(2)15(19-17(22)23-3)16(21)18-10-6-4-7-11-20-12-8-5-9-13-20/h14-15H,4-13H2,1-3H3,(H,18,21)(H,19,22). The first-order valence-corrected chi connectivity index (χ1v) is 8.89. The fourth-order valence-electron chi connectivity index (χ4n) is 2.86. The number of alkyl carbamates (subject to hydrolysis) is 1. The van der Waals surface area contributed by atoms with Gasteiger partial charge in [0.1, 0.15) is 6.04 Å². The van der Waals surface area contributed by atoms with Gasteiger partial charge >= 0.3 is 6.09 Å². The van der Waals surface area contributed by atoms with E-state index in [-0.39, 0.29) is 11.8 Å². The molecule has 1 heterocycles. The Labute approximate surface area is 140 Å². The third kappa shape index (κ3) is 8.21. The number of piperidine rings is 1. The summed E-state index contributed by atoms with van der Waals surface area (Å²) in [5, 5.41) is 5.49. The Morgan fingerprint density at radius 1 is 1.09 bits per heavy atom. The Balaban J connectivity index is 2.12. The lowest BCUT2D eigenvalue weighted by Crippen LogP contribution is -2.49. The molecule has 0 aromatic heterocycles. The highest BCUT2D eigenvalue weighted by molar-refractivity contribution is 5.85. The van der Waals surface area contributed by atoms with Crippen molar-refractivity contribution in [2.45, 2.75) is 58.4 Å². The lowest BCUT2D eigenvalue weighted by Gasteiger charge is -2.26. The molecule has 0 aliphatic carbocycles. The Morgan fingerprint density at radius 2 is 1.78 bits per heavy atom. The summed E-state index contributed by atoms with van der Waals surface area (Å²) in [6.07, 6.45) is 6.75. The summed E-state index contributed by atoms with van der Waals surface area (Å²) in [5.41, 5.74) is 0. The second-order valence-corrected chi connectivity index (χ2v) is 6.61. The van der Waals surface area contributed by atoms with E-state index in [1.165, 1.54) is 52.4 Å². The largest absolute Gasteiger partial charge is 0.453 e. The molecule has 1 saturated heterocycles. The number of carbonyl (C=O) groups excluding carboxylic acids is 2. The van der Waals surface area contributed by atoms with Gasteiger partial charge in [0.05, 0.1) is 7.11 Å². The zero-order chi connectivity index (χ0) is 17.1. The summed E-state index contributed by atoms with van der Waals surface area (Å²) in [4.78, 5) is 25.9. The van der Waals surface area contributed by atoms with E-state index in [2.05, 4.69) is 20.3 Å². The van der Waals surface area contributed by atoms with E-state index in [4.69, 9.17) is 0 Å². The van der Waals surface area contributed by atoms with Crippen molar-refractivity contribution in [3.8, 4) is 0 Å². The van der Waals surface area contributed by atoms with Gasteiger partial charge in [-0.25, -0.2) is 4.79 Å². The number of nitrogens with zero attached hydrogens (tertiary/aromatic N) is 1. The van der Waals surface area contributed by atoms with E-state index in [1.807, 2.05) is 13.8 Å². The fraction of sp³-hybridized carbons (Fsp3) is 0.882. The van der Waals surface area contributed by atoms with Crippen LogP contribution in [0.25, 0.3) is 0 Å². The van der Waals surface area contributed by atoms with Crippen molar-refractivity contribution in [3.63, 3.8) is 0 Å². The number of amides is 2. The van der Waals surface area contributed by atoms with Crippen LogP contribution in [0.3, 0.4) is 0 Å². The lowest BCUT2D eigenvalue weighted by atomic mass is 10.0. The second kappa shape index (κ2) is 11.3. The molecule has 0 aromatic rings. The van der Waals surface area contributed by atoms with Crippen molar-refractivity contribution in [1.82, 2.24) is 15.5 Å². The number of nitrogens with one attached hydrogen (secondary N) is 2. The van der Waals surface area contributed by atoms with E-state index in [0.717, 1.165) is 12.8 Å². The summed E-state index contributed by atoms with van der Waals surface area (Å²) < 4.78 is 4.56. The van der Waals surface area contributed by atoms with Gasteiger partial charge in [-0.15, -0.1) is 0 Å². The summed E-state index contributed by atoms with van der Waals surface area (Å²) in [5.74, 6) is -0.116. The number of rotatable bonds is 9. The maximum absolute atomic E-state index is 12.1. The molecule has 1 rings (SSSR count). The van der Waals surface area contributed by atoms with Gasteiger partial charge < -0.3 is 20.3 Å². The Kier molecular flexibility index (Phi) is 9.67. The van der Waals surface area contributed by atoms with Crippen molar-refractivity contribution >= 4 is 12.0 Å². The maximum Gasteiger partial charge on any atom is 0.407 e. The van der Waals surface area contributed by atoms with E-state index < -0.39 is 12.1 Å². The zero-order valence-corrected chi connectivity index (χ0v) is 14.9. The average molecular weight is 327 g/mol. The smallest absolute Gasteiger partial charge is 0.407 e. The van der Waals surface area contributed by atoms with Gasteiger partial charge in [-0.3, -0.25) is 4.79 Å². The van der Waals surface area contributed by atoms with Gasteiger partial charge in [0.25, 0.3) is 0 Å². The van der Waals surface area contributed by atoms with E-state index in [0.29, 0.717) is 6.54 Å². The molecular weight excluding hydrogens is 294 g/mol. The molecule has 0 aromatic carbocycles. The van der Waals surface area contributed by atoms with Gasteiger partial charge in [0.15, 0.2) is 0 Å². The molecule has 134 valence electrons. The van der Waals surface area contributed by atoms with Gasteiger partial charge in [-0.2, -0.15) is 0 Å². The molecule has 1 fully saturated rings. The van der Waals surface area contributed by atoms with Gasteiger partial charge in [0, 0.05) is 6.54 Å². The number of carbonyl (C=O) groups is 2. The molecular formula is C17H33N3O3. The normalized spacial score (nSPS) is 16.9. The first-order chi connectivity index (χ1) is 11.0. The highest BCUT2D eigenvalue weighted by atomic mass is 16.5. The van der Waals surface area contributed by atoms with Gasteiger partial charge in [-0.1, -0.05) is 26.7 Å². The molecule has 0 saturated carbocycles. The third-order valence-corrected chi connectivity index (χ3v) is 4.31. The summed E-state index contributed by atoms with van der Waals surface area (Å²) in [6.45, 7) is 8.12. The minimum Gasteiger partial charge on any atom is -0.453 e. The molecule has 1 aliphatic rings. The van der Waals surface area contributed by atoms with Crippen LogP contribution in [0.5, 0.6) is 0 Å². The SMILES string of the molecule is COC(=O)NC(C(=O)NCCCCCN1CCCCC1)C(C)C. The number of hydrogen-bond acceptors (Lipinski definition) is 4. The minimum absolute atomic E-state index is 0.0215. The molecule has 1 atom stereocenters. The summed E-state index contributed by atoms with van der Waals surface area (Å²) >= 11 is 0. The van der Waals surface area contributed by atoms with Crippen LogP contribution in [-0.4, -0.2) is 56.2 Å². The van der Waals surface area contributed by atoms with Crippen LogP contribution in [0.15, 0.2) is 0 Å². The predicted octanol–water partition coefficient (Wildman–Crippen LogP) is 2.14. The van der Waals surface area contributed by atoms with Crippen LogP contribution in [-0.2, 0) is 9.53 Å². The molecule has 2 N–H and O–H groups in total. The summed E-state index contributed by atoms with van der Waals surface area (Å²) in [7, 11) is 1.30. The Bertz CT molecular complexity index is 355. The van der Waals surface area contributed by atoms with Crippen LogP contribution in [0, 0.1) is 5.92 Å². The average Bonchev–Trinajstić information content (AvgIpc) is 2.55. The van der Waals surface area contributed by atoms with Crippen LogP contribution < -0.4 is 10.6 Å². The van der Waals surface area contributed by atoms with Crippen molar-refractivity contribution in [2.24, 2.45) is 5.92 Å². The fourth-order valence-corrected chi connectivity index (χ4v) is 2.86. The topological polar surface area (TPSA) is 70.7 Å². The van der Waals surface area contributed by atoms with Crippen LogP contribution in [0.4, 0.5) is 4.79 Å². The third-order valence-electron chi connectivity index (χ3n) is 4.31. The molecule has 6 nitrogen and oxygen atoms in total. The number of likely N-dealkylation sites (tertiary alicyclic amines) is 1. The van der Waals surface area contributed by atoms with Gasteiger partial charge in [-0.05, 0) is 51.2 Å². The molecule has 0 radical (unpaired) electrons. The second-order valence-electron chi connectivity index (χ2n) is 6.61. The van der Waals surface area contributed by atoms with Crippen LogP contribution in [0.1, 0.15) is 52.4 Å². The maximum atomic E-state index is 12.1. The molecule has 0 bridgehead atoms. The zero-order valence-electron chi connectivity index (χ0n) is 14.9. The Morgan fingerprint density at radius 3 is 2.39 bits per heavy atom. The van der Waals surface area contributed by atoms with E-state index >= 15 is 0 Å². The van der Waals surface area contributed by atoms with E-state index in [1.54, 1.807) is 0 Å². The minimum atomic E-state index is -0.569. The van der Waals surface area contributed by atoms with Crippen LogP contribution >= 0.6 is 0 Å². The molecule has 23 heavy (non-hydrogen) atoms. The molecule has 2 amide bonds.